The Labute approximate surface area is 220 Å². The van der Waals surface area contributed by atoms with Crippen molar-refractivity contribution in [3.8, 4) is 34.4 Å². The summed E-state index contributed by atoms with van der Waals surface area (Å²) in [7, 11) is 0. The van der Waals surface area contributed by atoms with E-state index < -0.39 is 0 Å². The highest BCUT2D eigenvalue weighted by Crippen LogP contribution is 2.28. The third kappa shape index (κ3) is 4.04. The van der Waals surface area contributed by atoms with Crippen LogP contribution in [0.4, 0.5) is 0 Å². The molecule has 4 nitrogen and oxygen atoms in total. The summed E-state index contributed by atoms with van der Waals surface area (Å²) in [4.78, 5) is 7.14. The van der Waals surface area contributed by atoms with Crippen molar-refractivity contribution in [3.63, 3.8) is 0 Å². The van der Waals surface area contributed by atoms with Crippen LogP contribution in [0.5, 0.6) is 0 Å². The van der Waals surface area contributed by atoms with Crippen LogP contribution in [0.3, 0.4) is 0 Å². The number of hydrogen-bond acceptors (Lipinski definition) is 2. The average Bonchev–Trinajstić information content (AvgIpc) is 2.95. The molecule has 0 amide bonds. The van der Waals surface area contributed by atoms with Crippen LogP contribution in [0.25, 0.3) is 64.9 Å². The Hall–Kier alpha value is -5.68. The number of nitrogens with zero attached hydrogens (tertiary/aromatic N) is 4. The molecule has 0 unspecified atom stereocenters. The van der Waals surface area contributed by atoms with Gasteiger partial charge in [-0.1, -0.05) is 83.9 Å². The van der Waals surface area contributed by atoms with Crippen LogP contribution in [0.1, 0.15) is 11.1 Å². The smallest absolute Gasteiger partial charge is 0.226 e. The van der Waals surface area contributed by atoms with Gasteiger partial charge in [0.05, 0.1) is 25.3 Å². The van der Waals surface area contributed by atoms with Crippen molar-refractivity contribution in [2.75, 3.05) is 0 Å². The SMILES string of the molecule is [C-]#[N+]/C(C#N)=c1\c2cc(-c3ccc(C)cc3)ccc2/c(=C(/C#N)[N+]#[C-])c2cc(-c3ccc(C)cc3)ccc12. The Morgan fingerprint density at radius 3 is 1.18 bits per heavy atom. The molecule has 176 valence electrons. The summed E-state index contributed by atoms with van der Waals surface area (Å²) < 4.78 is 0. The predicted molar refractivity (Wildman–Crippen MR) is 152 cm³/mol. The summed E-state index contributed by atoms with van der Waals surface area (Å²) in [5.41, 5.74) is 6.06. The molecule has 0 aliphatic rings. The first kappa shape index (κ1) is 24.0. The third-order valence-corrected chi connectivity index (χ3v) is 6.80. The van der Waals surface area contributed by atoms with Crippen molar-refractivity contribution in [2.45, 2.75) is 13.8 Å². The zero-order valence-electron chi connectivity index (χ0n) is 20.9. The molecule has 5 aromatic rings. The van der Waals surface area contributed by atoms with Crippen molar-refractivity contribution in [1.82, 2.24) is 0 Å². The second-order valence-corrected chi connectivity index (χ2v) is 9.15. The molecule has 0 aliphatic heterocycles. The minimum atomic E-state index is -0.0305. The van der Waals surface area contributed by atoms with Crippen LogP contribution in [-0.4, -0.2) is 0 Å². The van der Waals surface area contributed by atoms with Gasteiger partial charge in [0.25, 0.3) is 11.4 Å². The molecule has 0 spiro atoms. The van der Waals surface area contributed by atoms with E-state index >= 15 is 0 Å². The highest BCUT2D eigenvalue weighted by Gasteiger charge is 2.15. The van der Waals surface area contributed by atoms with Gasteiger partial charge in [-0.2, -0.15) is 0 Å². The van der Waals surface area contributed by atoms with Gasteiger partial charge in [-0.3, -0.25) is 0 Å². The van der Waals surface area contributed by atoms with E-state index in [9.17, 15) is 10.5 Å². The van der Waals surface area contributed by atoms with E-state index in [0.717, 1.165) is 33.4 Å². The van der Waals surface area contributed by atoms with Crippen LogP contribution in [0.2, 0.25) is 0 Å². The van der Waals surface area contributed by atoms with E-state index in [1.54, 1.807) is 0 Å². The fraction of sp³-hybridized carbons (Fsp3) is 0.0588. The Bertz CT molecular complexity index is 1870. The molecule has 0 heterocycles. The summed E-state index contributed by atoms with van der Waals surface area (Å²) in [6.45, 7) is 19.6. The Morgan fingerprint density at radius 1 is 0.526 bits per heavy atom. The number of nitriles is 2. The highest BCUT2D eigenvalue weighted by atomic mass is 14.7. The third-order valence-electron chi connectivity index (χ3n) is 6.80. The van der Waals surface area contributed by atoms with E-state index in [-0.39, 0.29) is 11.4 Å². The molecule has 0 aromatic heterocycles. The van der Waals surface area contributed by atoms with E-state index in [0.29, 0.717) is 32.0 Å². The summed E-state index contributed by atoms with van der Waals surface area (Å²) in [6.07, 6.45) is 0. The minimum absolute atomic E-state index is 0.0305. The molecular weight excluding hydrogens is 464 g/mol. The van der Waals surface area contributed by atoms with E-state index in [1.807, 2.05) is 98.8 Å². The number of benzene rings is 5. The molecule has 5 aromatic carbocycles. The van der Waals surface area contributed by atoms with Crippen LogP contribution in [-0.2, 0) is 0 Å². The summed E-state index contributed by atoms with van der Waals surface area (Å²) in [5, 5.41) is 23.6. The summed E-state index contributed by atoms with van der Waals surface area (Å²) in [5.74, 6) is 0. The zero-order valence-corrected chi connectivity index (χ0v) is 20.9. The van der Waals surface area contributed by atoms with Gasteiger partial charge < -0.3 is 0 Å². The normalized spacial score (nSPS) is 12.2. The lowest BCUT2D eigenvalue weighted by Gasteiger charge is -2.13. The molecule has 0 bridgehead atoms. The van der Waals surface area contributed by atoms with Crippen molar-refractivity contribution in [2.24, 2.45) is 0 Å². The average molecular weight is 485 g/mol. The van der Waals surface area contributed by atoms with Crippen LogP contribution in [0.15, 0.2) is 84.9 Å². The van der Waals surface area contributed by atoms with Crippen LogP contribution < -0.4 is 10.4 Å². The predicted octanol–water partition coefficient (Wildman–Crippen LogP) is 7.05. The van der Waals surface area contributed by atoms with Gasteiger partial charge in [0.2, 0.25) is 0 Å². The summed E-state index contributed by atoms with van der Waals surface area (Å²) in [6, 6.07) is 32.0. The van der Waals surface area contributed by atoms with E-state index in [4.69, 9.17) is 13.1 Å². The molecule has 0 saturated heterocycles. The molecule has 4 heteroatoms. The largest absolute Gasteiger partial charge is 0.270 e. The quantitative estimate of drug-likeness (QED) is 0.199. The van der Waals surface area contributed by atoms with Crippen molar-refractivity contribution in [3.05, 3.63) is 129 Å². The lowest BCUT2D eigenvalue weighted by atomic mass is 9.91. The van der Waals surface area contributed by atoms with E-state index in [2.05, 4.69) is 21.8 Å². The Morgan fingerprint density at radius 2 is 0.868 bits per heavy atom. The van der Waals surface area contributed by atoms with Gasteiger partial charge in [0, 0.05) is 10.4 Å². The zero-order chi connectivity index (χ0) is 26.8. The molecular formula is C34H20N4. The molecule has 0 radical (unpaired) electrons. The lowest BCUT2D eigenvalue weighted by Crippen LogP contribution is -2.18. The maximum atomic E-state index is 9.94. The molecule has 5 rings (SSSR count). The fourth-order valence-electron chi connectivity index (χ4n) is 4.86. The first-order valence-electron chi connectivity index (χ1n) is 12.0. The first-order valence-corrected chi connectivity index (χ1v) is 12.0. The minimum Gasteiger partial charge on any atom is -0.226 e. The van der Waals surface area contributed by atoms with Gasteiger partial charge in [-0.25, -0.2) is 20.2 Å². The number of rotatable bonds is 2. The van der Waals surface area contributed by atoms with Gasteiger partial charge >= 0.3 is 0 Å². The Balaban J connectivity index is 2.03. The van der Waals surface area contributed by atoms with Crippen molar-refractivity contribution >= 4 is 32.9 Å². The van der Waals surface area contributed by atoms with Crippen molar-refractivity contribution < 1.29 is 0 Å². The van der Waals surface area contributed by atoms with Gasteiger partial charge in [0.1, 0.15) is 0 Å². The van der Waals surface area contributed by atoms with Crippen molar-refractivity contribution in [1.29, 1.82) is 10.5 Å². The number of fused-ring (bicyclic) bond motifs is 2. The maximum Gasteiger partial charge on any atom is 0.270 e. The number of hydrogen-bond donors (Lipinski definition) is 0. The standard InChI is InChI=1S/C34H20N4/c1-21-5-9-23(10-6-21)25-13-15-27-29(17-25)33(31(19-35)37-3)28-16-14-26(24-11-7-22(2)8-12-24)18-30(28)34(27)32(20-36)38-4/h5-18H,1-2H3/b33-31-,34-32+. The molecule has 0 N–H and O–H groups in total. The number of aryl methyl sites for hydroxylation is 2. The topological polar surface area (TPSA) is 56.3 Å². The molecule has 0 fully saturated rings. The maximum absolute atomic E-state index is 9.94. The van der Waals surface area contributed by atoms with Crippen LogP contribution >= 0.6 is 0 Å². The fourth-order valence-corrected chi connectivity index (χ4v) is 4.86. The van der Waals surface area contributed by atoms with Crippen LogP contribution in [0, 0.1) is 49.7 Å². The second kappa shape index (κ2) is 9.76. The summed E-state index contributed by atoms with van der Waals surface area (Å²) >= 11 is 0. The molecule has 38 heavy (non-hydrogen) atoms. The first-order chi connectivity index (χ1) is 18.5. The highest BCUT2D eigenvalue weighted by molar-refractivity contribution is 6.06. The Kier molecular flexibility index (Phi) is 6.17. The van der Waals surface area contributed by atoms with Gasteiger partial charge in [0.15, 0.2) is 0 Å². The second-order valence-electron chi connectivity index (χ2n) is 9.15. The van der Waals surface area contributed by atoms with Gasteiger partial charge in [-0.05, 0) is 69.8 Å². The van der Waals surface area contributed by atoms with E-state index in [1.165, 1.54) is 0 Å². The lowest BCUT2D eigenvalue weighted by molar-refractivity contribution is 1.47. The van der Waals surface area contributed by atoms with Gasteiger partial charge in [-0.15, -0.1) is 0 Å². The molecule has 0 saturated carbocycles. The molecule has 0 atom stereocenters. The monoisotopic (exact) mass is 484 g/mol. The molecule has 0 aliphatic carbocycles.